The molecule has 2 N–H and O–H groups in total. The summed E-state index contributed by atoms with van der Waals surface area (Å²) >= 11 is 0. The topological polar surface area (TPSA) is 76.1 Å². The standard InChI is InChI=1S/C16H16F2N4O2/c17-10-3-4-13(12(18)8-10)21-15(23)14-5-6-19-16(22-14)20-9-11-2-1-7-24-11/h3-6,8,11H,1-2,7,9H2,(H,21,23)(H,19,20,22). The van der Waals surface area contributed by atoms with Crippen LogP contribution in [0.3, 0.4) is 0 Å². The molecule has 0 aliphatic carbocycles. The van der Waals surface area contributed by atoms with E-state index >= 15 is 0 Å². The van der Waals surface area contributed by atoms with Gasteiger partial charge < -0.3 is 15.4 Å². The molecule has 3 rings (SSSR count). The van der Waals surface area contributed by atoms with E-state index in [0.717, 1.165) is 31.6 Å². The van der Waals surface area contributed by atoms with Crippen LogP contribution in [0.25, 0.3) is 0 Å². The number of carbonyl (C=O) groups excluding carboxylic acids is 1. The number of nitrogens with one attached hydrogen (secondary N) is 2. The minimum Gasteiger partial charge on any atom is -0.376 e. The van der Waals surface area contributed by atoms with Crippen molar-refractivity contribution in [2.45, 2.75) is 18.9 Å². The number of amides is 1. The van der Waals surface area contributed by atoms with Crippen molar-refractivity contribution in [3.63, 3.8) is 0 Å². The highest BCUT2D eigenvalue weighted by Gasteiger charge is 2.16. The first kappa shape index (κ1) is 16.3. The van der Waals surface area contributed by atoms with Crippen molar-refractivity contribution in [1.82, 2.24) is 9.97 Å². The molecule has 126 valence electrons. The summed E-state index contributed by atoms with van der Waals surface area (Å²) in [6, 6.07) is 4.33. The Kier molecular flexibility index (Phi) is 4.95. The molecular weight excluding hydrogens is 318 g/mol. The van der Waals surface area contributed by atoms with Crippen LogP contribution in [-0.2, 0) is 4.74 Å². The zero-order valence-corrected chi connectivity index (χ0v) is 12.8. The molecule has 0 saturated carbocycles. The van der Waals surface area contributed by atoms with E-state index in [1.807, 2.05) is 0 Å². The van der Waals surface area contributed by atoms with Gasteiger partial charge in [-0.2, -0.15) is 0 Å². The lowest BCUT2D eigenvalue weighted by Gasteiger charge is -2.11. The van der Waals surface area contributed by atoms with Gasteiger partial charge in [-0.15, -0.1) is 0 Å². The van der Waals surface area contributed by atoms with Gasteiger partial charge in [0.1, 0.15) is 17.3 Å². The number of rotatable bonds is 5. The maximum Gasteiger partial charge on any atom is 0.274 e. The quantitative estimate of drug-likeness (QED) is 0.879. The molecule has 24 heavy (non-hydrogen) atoms. The minimum absolute atomic E-state index is 0.0727. The van der Waals surface area contributed by atoms with E-state index < -0.39 is 17.5 Å². The molecule has 0 bridgehead atoms. The van der Waals surface area contributed by atoms with Gasteiger partial charge >= 0.3 is 0 Å². The van der Waals surface area contributed by atoms with Gasteiger partial charge in [0.2, 0.25) is 5.95 Å². The van der Waals surface area contributed by atoms with Crippen molar-refractivity contribution >= 4 is 17.5 Å². The van der Waals surface area contributed by atoms with E-state index in [1.165, 1.54) is 12.3 Å². The van der Waals surface area contributed by atoms with E-state index in [1.54, 1.807) is 0 Å². The van der Waals surface area contributed by atoms with Crippen LogP contribution in [0.2, 0.25) is 0 Å². The SMILES string of the molecule is O=C(Nc1ccc(F)cc1F)c1ccnc(NCC2CCCO2)n1. The van der Waals surface area contributed by atoms with Crippen LogP contribution in [0.15, 0.2) is 30.5 Å². The number of aromatic nitrogens is 2. The van der Waals surface area contributed by atoms with Crippen molar-refractivity contribution in [2.24, 2.45) is 0 Å². The minimum atomic E-state index is -0.853. The summed E-state index contributed by atoms with van der Waals surface area (Å²) in [4.78, 5) is 20.3. The molecular formula is C16H16F2N4O2. The second-order valence-electron chi connectivity index (χ2n) is 5.36. The van der Waals surface area contributed by atoms with Gasteiger partial charge in [0, 0.05) is 25.4 Å². The fourth-order valence-electron chi connectivity index (χ4n) is 2.36. The first-order chi connectivity index (χ1) is 11.6. The number of halogens is 2. The Balaban J connectivity index is 1.65. The van der Waals surface area contributed by atoms with E-state index in [2.05, 4.69) is 20.6 Å². The second kappa shape index (κ2) is 7.31. The van der Waals surface area contributed by atoms with Crippen LogP contribution in [-0.4, -0.2) is 35.1 Å². The molecule has 1 aliphatic rings. The monoisotopic (exact) mass is 334 g/mol. The largest absolute Gasteiger partial charge is 0.376 e. The van der Waals surface area contributed by atoms with Crippen LogP contribution in [0, 0.1) is 11.6 Å². The molecule has 1 unspecified atom stereocenters. The normalized spacial score (nSPS) is 16.8. The van der Waals surface area contributed by atoms with Crippen LogP contribution in [0.5, 0.6) is 0 Å². The van der Waals surface area contributed by atoms with Crippen molar-refractivity contribution in [3.05, 3.63) is 47.8 Å². The van der Waals surface area contributed by atoms with E-state index in [4.69, 9.17) is 4.74 Å². The molecule has 8 heteroatoms. The molecule has 1 fully saturated rings. The van der Waals surface area contributed by atoms with Crippen molar-refractivity contribution < 1.29 is 18.3 Å². The third kappa shape index (κ3) is 4.02. The Bertz CT molecular complexity index is 736. The Hall–Kier alpha value is -2.61. The van der Waals surface area contributed by atoms with Gasteiger partial charge in [0.15, 0.2) is 0 Å². The van der Waals surface area contributed by atoms with Crippen LogP contribution >= 0.6 is 0 Å². The lowest BCUT2D eigenvalue weighted by molar-refractivity contribution is 0.102. The molecule has 1 aliphatic heterocycles. The lowest BCUT2D eigenvalue weighted by Crippen LogP contribution is -2.21. The number of hydrogen-bond acceptors (Lipinski definition) is 5. The third-order valence-electron chi connectivity index (χ3n) is 3.58. The van der Waals surface area contributed by atoms with Crippen LogP contribution in [0.4, 0.5) is 20.4 Å². The molecule has 6 nitrogen and oxygen atoms in total. The highest BCUT2D eigenvalue weighted by atomic mass is 19.1. The smallest absolute Gasteiger partial charge is 0.274 e. The molecule has 1 saturated heterocycles. The fourth-order valence-corrected chi connectivity index (χ4v) is 2.36. The molecule has 0 spiro atoms. The van der Waals surface area contributed by atoms with Gasteiger partial charge in [0.25, 0.3) is 5.91 Å². The Morgan fingerprint density at radius 3 is 2.96 bits per heavy atom. The second-order valence-corrected chi connectivity index (χ2v) is 5.36. The Morgan fingerprint density at radius 1 is 1.33 bits per heavy atom. The maximum absolute atomic E-state index is 13.6. The molecule has 2 heterocycles. The van der Waals surface area contributed by atoms with E-state index in [9.17, 15) is 13.6 Å². The van der Waals surface area contributed by atoms with Crippen LogP contribution < -0.4 is 10.6 Å². The summed E-state index contributed by atoms with van der Waals surface area (Å²) in [6.45, 7) is 1.30. The van der Waals surface area contributed by atoms with Crippen molar-refractivity contribution in [3.8, 4) is 0 Å². The number of carbonyl (C=O) groups is 1. The predicted octanol–water partition coefficient (Wildman–Crippen LogP) is 2.60. The van der Waals surface area contributed by atoms with E-state index in [-0.39, 0.29) is 23.4 Å². The molecule has 1 atom stereocenters. The molecule has 1 amide bonds. The van der Waals surface area contributed by atoms with E-state index in [0.29, 0.717) is 12.6 Å². The van der Waals surface area contributed by atoms with Gasteiger partial charge in [-0.3, -0.25) is 4.79 Å². The lowest BCUT2D eigenvalue weighted by atomic mass is 10.2. The molecule has 1 aromatic heterocycles. The van der Waals surface area contributed by atoms with Gasteiger partial charge in [-0.05, 0) is 31.0 Å². The number of hydrogen-bond donors (Lipinski definition) is 2. The summed E-state index contributed by atoms with van der Waals surface area (Å²) < 4.78 is 32.0. The fraction of sp³-hybridized carbons (Fsp3) is 0.312. The summed E-state index contributed by atoms with van der Waals surface area (Å²) in [5.41, 5.74) is -0.0440. The zero-order chi connectivity index (χ0) is 16.9. The first-order valence-corrected chi connectivity index (χ1v) is 7.57. The van der Waals surface area contributed by atoms with Crippen LogP contribution in [0.1, 0.15) is 23.3 Å². The average molecular weight is 334 g/mol. The molecule has 0 radical (unpaired) electrons. The Labute approximate surface area is 137 Å². The maximum atomic E-state index is 13.6. The van der Waals surface area contributed by atoms with Crippen molar-refractivity contribution in [2.75, 3.05) is 23.8 Å². The summed E-state index contributed by atoms with van der Waals surface area (Å²) in [7, 11) is 0. The van der Waals surface area contributed by atoms with Gasteiger partial charge in [0.05, 0.1) is 11.8 Å². The number of ether oxygens (including phenoxy) is 1. The van der Waals surface area contributed by atoms with Gasteiger partial charge in [-0.25, -0.2) is 18.7 Å². The van der Waals surface area contributed by atoms with Crippen molar-refractivity contribution in [1.29, 1.82) is 0 Å². The number of nitrogens with zero attached hydrogens (tertiary/aromatic N) is 2. The van der Waals surface area contributed by atoms with Gasteiger partial charge in [-0.1, -0.05) is 0 Å². The number of benzene rings is 1. The summed E-state index contributed by atoms with van der Waals surface area (Å²) in [5.74, 6) is -1.89. The molecule has 2 aromatic rings. The third-order valence-corrected chi connectivity index (χ3v) is 3.58. The number of anilines is 2. The molecule has 1 aromatic carbocycles. The first-order valence-electron chi connectivity index (χ1n) is 7.57. The predicted molar refractivity (Wildman–Crippen MR) is 83.8 cm³/mol. The summed E-state index contributed by atoms with van der Waals surface area (Å²) in [5, 5.41) is 5.37. The zero-order valence-electron chi connectivity index (χ0n) is 12.8. The average Bonchev–Trinajstić information content (AvgIpc) is 3.09. The highest BCUT2D eigenvalue weighted by molar-refractivity contribution is 6.03. The summed E-state index contributed by atoms with van der Waals surface area (Å²) in [6.07, 6.45) is 3.54. The Morgan fingerprint density at radius 2 is 2.21 bits per heavy atom. The highest BCUT2D eigenvalue weighted by Crippen LogP contribution is 2.16.